The first-order valence-corrected chi connectivity index (χ1v) is 10.0. The van der Waals surface area contributed by atoms with Crippen LogP contribution in [-0.2, 0) is 0 Å². The van der Waals surface area contributed by atoms with Crippen LogP contribution in [-0.4, -0.2) is 49.2 Å². The topological polar surface area (TPSA) is 60.9 Å². The Balaban J connectivity index is 1.38. The van der Waals surface area contributed by atoms with Gasteiger partial charge in [0, 0.05) is 32.0 Å². The number of hydrogen-bond donors (Lipinski definition) is 0. The van der Waals surface area contributed by atoms with Gasteiger partial charge in [-0.05, 0) is 24.3 Å². The van der Waals surface area contributed by atoms with Crippen molar-refractivity contribution in [1.29, 1.82) is 0 Å². The number of methoxy groups -OCH3 is 2. The van der Waals surface area contributed by atoms with Crippen LogP contribution in [0.3, 0.4) is 0 Å². The minimum Gasteiger partial charge on any atom is -0.497 e. The highest BCUT2D eigenvalue weighted by atomic mass is 32.1. The molecule has 0 unspecified atom stereocenters. The minimum atomic E-state index is 0.00276. The number of thiazole rings is 1. The first kappa shape index (κ1) is 18.6. The number of nitrogens with zero attached hydrogens (tertiary/aromatic N) is 2. The van der Waals surface area contributed by atoms with Crippen molar-refractivity contribution < 1.29 is 19.0 Å². The maximum absolute atomic E-state index is 12.8. The molecular formula is C21H22N2O4S. The van der Waals surface area contributed by atoms with Crippen molar-refractivity contribution in [3.63, 3.8) is 0 Å². The Labute approximate surface area is 167 Å². The molecule has 0 atom stereocenters. The standard InChI is InChI=1S/C21H22N2O4S/c1-25-15-7-8-19-17(13-15)22-21(28-19)27-14-9-11-23(12-10-14)20(24)16-5-3-4-6-18(16)26-2/h3-8,13-14H,9-12H2,1-2H3. The van der Waals surface area contributed by atoms with Crippen molar-refractivity contribution in [1.82, 2.24) is 9.88 Å². The predicted octanol–water partition coefficient (Wildman–Crippen LogP) is 4.00. The number of carbonyl (C=O) groups excluding carboxylic acids is 1. The lowest BCUT2D eigenvalue weighted by atomic mass is 10.1. The Morgan fingerprint density at radius 3 is 2.64 bits per heavy atom. The van der Waals surface area contributed by atoms with Gasteiger partial charge in [0.1, 0.15) is 17.6 Å². The van der Waals surface area contributed by atoms with Crippen molar-refractivity contribution in [2.75, 3.05) is 27.3 Å². The Morgan fingerprint density at radius 1 is 1.11 bits per heavy atom. The maximum atomic E-state index is 12.8. The molecule has 1 saturated heterocycles. The molecule has 0 saturated carbocycles. The van der Waals surface area contributed by atoms with Crippen molar-refractivity contribution in [2.24, 2.45) is 0 Å². The van der Waals surface area contributed by atoms with E-state index in [9.17, 15) is 4.79 Å². The Morgan fingerprint density at radius 2 is 1.89 bits per heavy atom. The number of fused-ring (bicyclic) bond motifs is 1. The van der Waals surface area contributed by atoms with Gasteiger partial charge < -0.3 is 19.1 Å². The molecule has 2 aromatic carbocycles. The first-order chi connectivity index (χ1) is 13.7. The molecule has 0 radical (unpaired) electrons. The maximum Gasteiger partial charge on any atom is 0.274 e. The summed E-state index contributed by atoms with van der Waals surface area (Å²) in [7, 11) is 3.23. The van der Waals surface area contributed by atoms with Crippen molar-refractivity contribution in [3.8, 4) is 16.7 Å². The minimum absolute atomic E-state index is 0.00276. The number of amides is 1. The van der Waals surface area contributed by atoms with E-state index in [2.05, 4.69) is 4.98 Å². The molecular weight excluding hydrogens is 376 g/mol. The van der Waals surface area contributed by atoms with Gasteiger partial charge in [-0.15, -0.1) is 0 Å². The molecule has 1 fully saturated rings. The number of ether oxygens (including phenoxy) is 3. The molecule has 2 heterocycles. The molecule has 7 heteroatoms. The smallest absolute Gasteiger partial charge is 0.274 e. The molecule has 1 amide bonds. The molecule has 1 aliphatic heterocycles. The molecule has 0 aliphatic carbocycles. The molecule has 0 bridgehead atoms. The molecule has 0 spiro atoms. The Kier molecular flexibility index (Phi) is 5.34. The highest BCUT2D eigenvalue weighted by Crippen LogP contribution is 2.32. The summed E-state index contributed by atoms with van der Waals surface area (Å²) in [4.78, 5) is 19.2. The van der Waals surface area contributed by atoms with Gasteiger partial charge in [-0.1, -0.05) is 23.5 Å². The third kappa shape index (κ3) is 3.75. The lowest BCUT2D eigenvalue weighted by Gasteiger charge is -2.31. The zero-order chi connectivity index (χ0) is 19.5. The zero-order valence-electron chi connectivity index (χ0n) is 15.9. The average Bonchev–Trinajstić information content (AvgIpc) is 3.15. The molecule has 4 rings (SSSR count). The lowest BCUT2D eigenvalue weighted by molar-refractivity contribution is 0.0592. The second-order valence-electron chi connectivity index (χ2n) is 6.62. The summed E-state index contributed by atoms with van der Waals surface area (Å²) < 4.78 is 17.7. The highest BCUT2D eigenvalue weighted by Gasteiger charge is 2.26. The number of hydrogen-bond acceptors (Lipinski definition) is 6. The number of benzene rings is 2. The van der Waals surface area contributed by atoms with E-state index in [1.54, 1.807) is 20.3 Å². The van der Waals surface area contributed by atoms with Crippen molar-refractivity contribution in [3.05, 3.63) is 48.0 Å². The number of rotatable bonds is 5. The third-order valence-electron chi connectivity index (χ3n) is 4.91. The van der Waals surface area contributed by atoms with Gasteiger partial charge >= 0.3 is 0 Å². The lowest BCUT2D eigenvalue weighted by Crippen LogP contribution is -2.41. The monoisotopic (exact) mass is 398 g/mol. The summed E-state index contributed by atoms with van der Waals surface area (Å²) in [5.41, 5.74) is 1.48. The van der Waals surface area contributed by atoms with Crippen LogP contribution in [0.4, 0.5) is 0 Å². The van der Waals surface area contributed by atoms with Crippen LogP contribution in [0.1, 0.15) is 23.2 Å². The van der Waals surface area contributed by atoms with E-state index in [0.717, 1.165) is 28.8 Å². The number of carbonyl (C=O) groups is 1. The normalized spacial score (nSPS) is 14.9. The molecule has 0 N–H and O–H groups in total. The van der Waals surface area contributed by atoms with Crippen LogP contribution in [0.25, 0.3) is 10.2 Å². The second-order valence-corrected chi connectivity index (χ2v) is 7.62. The number of aromatic nitrogens is 1. The molecule has 6 nitrogen and oxygen atoms in total. The van der Waals surface area contributed by atoms with Gasteiger partial charge in [-0.2, -0.15) is 0 Å². The number of piperidine rings is 1. The van der Waals surface area contributed by atoms with E-state index in [0.29, 0.717) is 29.6 Å². The van der Waals surface area contributed by atoms with Crippen LogP contribution in [0.15, 0.2) is 42.5 Å². The molecule has 146 valence electrons. The van der Waals surface area contributed by atoms with E-state index in [1.165, 1.54) is 11.3 Å². The fraction of sp³-hybridized carbons (Fsp3) is 0.333. The van der Waals surface area contributed by atoms with Crippen molar-refractivity contribution >= 4 is 27.5 Å². The molecule has 1 aromatic heterocycles. The largest absolute Gasteiger partial charge is 0.497 e. The van der Waals surface area contributed by atoms with Crippen LogP contribution in [0.5, 0.6) is 16.7 Å². The summed E-state index contributed by atoms with van der Waals surface area (Å²) in [6, 6.07) is 13.2. The quantitative estimate of drug-likeness (QED) is 0.650. The van der Waals surface area contributed by atoms with Gasteiger partial charge in [0.05, 0.1) is 30.0 Å². The number of likely N-dealkylation sites (tertiary alicyclic amines) is 1. The van der Waals surface area contributed by atoms with E-state index in [1.807, 2.05) is 41.3 Å². The Bertz CT molecular complexity index is 979. The van der Waals surface area contributed by atoms with Crippen LogP contribution in [0, 0.1) is 0 Å². The summed E-state index contributed by atoms with van der Waals surface area (Å²) in [6.07, 6.45) is 1.62. The van der Waals surface area contributed by atoms with Gasteiger partial charge in [-0.3, -0.25) is 4.79 Å². The van der Waals surface area contributed by atoms with Gasteiger partial charge in [0.25, 0.3) is 11.1 Å². The molecule has 1 aliphatic rings. The predicted molar refractivity (Wildman–Crippen MR) is 109 cm³/mol. The SMILES string of the molecule is COc1ccc2sc(OC3CCN(C(=O)c4ccccc4OC)CC3)nc2c1. The summed E-state index contributed by atoms with van der Waals surface area (Å²) in [6.45, 7) is 1.31. The van der Waals surface area contributed by atoms with E-state index < -0.39 is 0 Å². The van der Waals surface area contributed by atoms with Crippen molar-refractivity contribution in [2.45, 2.75) is 18.9 Å². The van der Waals surface area contributed by atoms with Gasteiger partial charge in [0.2, 0.25) is 0 Å². The van der Waals surface area contributed by atoms with E-state index in [-0.39, 0.29) is 12.0 Å². The molecule has 3 aromatic rings. The summed E-state index contributed by atoms with van der Waals surface area (Å²) in [5.74, 6) is 1.39. The van der Waals surface area contributed by atoms with Gasteiger partial charge in [-0.25, -0.2) is 4.98 Å². The van der Waals surface area contributed by atoms with Gasteiger partial charge in [0.15, 0.2) is 0 Å². The highest BCUT2D eigenvalue weighted by molar-refractivity contribution is 7.20. The fourth-order valence-corrected chi connectivity index (χ4v) is 4.24. The first-order valence-electron chi connectivity index (χ1n) is 9.21. The van der Waals surface area contributed by atoms with E-state index in [4.69, 9.17) is 14.2 Å². The second kappa shape index (κ2) is 8.06. The summed E-state index contributed by atoms with van der Waals surface area (Å²) >= 11 is 1.53. The van der Waals surface area contributed by atoms with Crippen LogP contribution < -0.4 is 14.2 Å². The molecule has 28 heavy (non-hydrogen) atoms. The van der Waals surface area contributed by atoms with E-state index >= 15 is 0 Å². The average molecular weight is 398 g/mol. The number of para-hydroxylation sites is 1. The van der Waals surface area contributed by atoms with Crippen LogP contribution in [0.2, 0.25) is 0 Å². The Hall–Kier alpha value is -2.80. The summed E-state index contributed by atoms with van der Waals surface area (Å²) in [5, 5.41) is 0.665. The third-order valence-corrected chi connectivity index (χ3v) is 5.84. The zero-order valence-corrected chi connectivity index (χ0v) is 16.7. The fourth-order valence-electron chi connectivity index (χ4n) is 3.37. The van der Waals surface area contributed by atoms with Crippen LogP contribution >= 0.6 is 11.3 Å².